The Morgan fingerprint density at radius 1 is 1.00 bits per heavy atom. The van der Waals surface area contributed by atoms with Gasteiger partial charge in [-0.3, -0.25) is 4.79 Å². The first-order valence-electron chi connectivity index (χ1n) is 8.76. The normalized spacial score (nSPS) is 10.3. The third kappa shape index (κ3) is 4.85. The van der Waals surface area contributed by atoms with Crippen molar-refractivity contribution in [3.05, 3.63) is 83.0 Å². The fourth-order valence-electron chi connectivity index (χ4n) is 2.69. The molecular weight excluding hydrogens is 338 g/mol. The first-order chi connectivity index (χ1) is 13.0. The summed E-state index contributed by atoms with van der Waals surface area (Å²) >= 11 is 0. The lowest BCUT2D eigenvalue weighted by Gasteiger charge is -2.12. The van der Waals surface area contributed by atoms with Crippen LogP contribution in [-0.2, 0) is 6.54 Å². The monoisotopic (exact) mass is 361 g/mol. The van der Waals surface area contributed by atoms with E-state index < -0.39 is 0 Å². The zero-order valence-electron chi connectivity index (χ0n) is 15.7. The number of hydrogen-bond acceptors (Lipinski definition) is 4. The molecule has 0 saturated carbocycles. The molecule has 0 atom stereocenters. The van der Waals surface area contributed by atoms with Crippen LogP contribution >= 0.6 is 0 Å². The Bertz CT molecular complexity index is 937. The van der Waals surface area contributed by atoms with Gasteiger partial charge < -0.3 is 15.4 Å². The molecule has 5 nitrogen and oxygen atoms in total. The molecule has 2 N–H and O–H groups in total. The quantitative estimate of drug-likeness (QED) is 0.684. The van der Waals surface area contributed by atoms with Gasteiger partial charge in [-0.25, -0.2) is 4.98 Å². The molecule has 3 rings (SSSR count). The van der Waals surface area contributed by atoms with Gasteiger partial charge in [0, 0.05) is 18.3 Å². The van der Waals surface area contributed by atoms with Crippen LogP contribution in [0.25, 0.3) is 0 Å². The maximum atomic E-state index is 12.5. The number of amides is 1. The van der Waals surface area contributed by atoms with Crippen molar-refractivity contribution in [3.63, 3.8) is 0 Å². The average molecular weight is 361 g/mol. The number of benzene rings is 2. The largest absolute Gasteiger partial charge is 0.495 e. The summed E-state index contributed by atoms with van der Waals surface area (Å²) < 4.78 is 5.38. The molecule has 3 aromatic rings. The first kappa shape index (κ1) is 18.5. The van der Waals surface area contributed by atoms with Crippen LogP contribution in [0.1, 0.15) is 27.0 Å². The van der Waals surface area contributed by atoms with Crippen LogP contribution in [0.2, 0.25) is 0 Å². The van der Waals surface area contributed by atoms with Crippen molar-refractivity contribution < 1.29 is 9.53 Å². The summed E-state index contributed by atoms with van der Waals surface area (Å²) in [5.74, 6) is 1.16. The van der Waals surface area contributed by atoms with E-state index in [0.29, 0.717) is 17.9 Å². The number of aromatic nitrogens is 1. The molecule has 0 aliphatic rings. The Labute approximate surface area is 159 Å². The predicted octanol–water partition coefficient (Wildman–Crippen LogP) is 4.38. The highest BCUT2D eigenvalue weighted by molar-refractivity contribution is 5.94. The van der Waals surface area contributed by atoms with Crippen LogP contribution in [0.5, 0.6) is 5.75 Å². The van der Waals surface area contributed by atoms with Gasteiger partial charge in [-0.1, -0.05) is 35.9 Å². The van der Waals surface area contributed by atoms with E-state index >= 15 is 0 Å². The summed E-state index contributed by atoms with van der Waals surface area (Å²) in [7, 11) is 1.62. The smallest absolute Gasteiger partial charge is 0.251 e. The van der Waals surface area contributed by atoms with Crippen molar-refractivity contribution in [2.75, 3.05) is 12.4 Å². The van der Waals surface area contributed by atoms with Gasteiger partial charge in [0.2, 0.25) is 0 Å². The molecular formula is C22H23N3O2. The zero-order chi connectivity index (χ0) is 19.2. The number of carbonyl (C=O) groups excluding carboxylic acids is 1. The van der Waals surface area contributed by atoms with Crippen molar-refractivity contribution in [2.45, 2.75) is 20.4 Å². The molecule has 0 saturated heterocycles. The van der Waals surface area contributed by atoms with Gasteiger partial charge in [-0.05, 0) is 49.2 Å². The summed E-state index contributed by atoms with van der Waals surface area (Å²) in [5, 5.41) is 6.16. The number of pyridine rings is 1. The van der Waals surface area contributed by atoms with Gasteiger partial charge in [0.25, 0.3) is 5.91 Å². The van der Waals surface area contributed by atoms with Crippen LogP contribution < -0.4 is 15.4 Å². The van der Waals surface area contributed by atoms with Crippen LogP contribution in [0.15, 0.2) is 60.8 Å². The number of anilines is 2. The minimum absolute atomic E-state index is 0.141. The standard InChI is InChI=1S/C22H23N3O2/c1-15-4-7-17(8-5-15)14-24-22(26)18-10-11-23-21(13-18)25-19-12-16(2)6-9-20(19)27-3/h4-13H,14H2,1-3H3,(H,23,25)(H,24,26). The van der Waals surface area contributed by atoms with E-state index in [-0.39, 0.29) is 5.91 Å². The molecule has 27 heavy (non-hydrogen) atoms. The number of nitrogens with one attached hydrogen (secondary N) is 2. The number of aryl methyl sites for hydroxylation is 2. The fraction of sp³-hybridized carbons (Fsp3) is 0.182. The molecule has 0 unspecified atom stereocenters. The second kappa shape index (κ2) is 8.36. The summed E-state index contributed by atoms with van der Waals surface area (Å²) in [4.78, 5) is 16.8. The number of methoxy groups -OCH3 is 1. The van der Waals surface area contributed by atoms with E-state index in [9.17, 15) is 4.79 Å². The molecule has 1 heterocycles. The van der Waals surface area contributed by atoms with E-state index in [1.165, 1.54) is 5.56 Å². The van der Waals surface area contributed by atoms with Gasteiger partial charge >= 0.3 is 0 Å². The molecule has 5 heteroatoms. The van der Waals surface area contributed by atoms with Gasteiger partial charge in [-0.2, -0.15) is 0 Å². The second-order valence-corrected chi connectivity index (χ2v) is 6.43. The molecule has 1 amide bonds. The summed E-state index contributed by atoms with van der Waals surface area (Å²) in [5.41, 5.74) is 4.71. The van der Waals surface area contributed by atoms with E-state index in [1.54, 1.807) is 25.4 Å². The number of ether oxygens (including phenoxy) is 1. The third-order valence-corrected chi connectivity index (χ3v) is 4.21. The minimum Gasteiger partial charge on any atom is -0.495 e. The fourth-order valence-corrected chi connectivity index (χ4v) is 2.69. The summed E-state index contributed by atoms with van der Waals surface area (Å²) in [6, 6.07) is 17.4. The van der Waals surface area contributed by atoms with Crippen LogP contribution in [-0.4, -0.2) is 18.0 Å². The molecule has 0 bridgehead atoms. The second-order valence-electron chi connectivity index (χ2n) is 6.43. The maximum Gasteiger partial charge on any atom is 0.251 e. The Hall–Kier alpha value is -3.34. The molecule has 1 aromatic heterocycles. The van der Waals surface area contributed by atoms with E-state index in [0.717, 1.165) is 22.6 Å². The molecule has 138 valence electrons. The Kier molecular flexibility index (Phi) is 5.71. The minimum atomic E-state index is -0.141. The third-order valence-electron chi connectivity index (χ3n) is 4.21. The number of nitrogens with zero attached hydrogens (tertiary/aromatic N) is 1. The molecule has 0 aliphatic carbocycles. The first-order valence-corrected chi connectivity index (χ1v) is 8.76. The zero-order valence-corrected chi connectivity index (χ0v) is 15.7. The van der Waals surface area contributed by atoms with Gasteiger partial charge in [-0.15, -0.1) is 0 Å². The lowest BCUT2D eigenvalue weighted by molar-refractivity contribution is 0.0951. The van der Waals surface area contributed by atoms with E-state index in [4.69, 9.17) is 4.74 Å². The highest BCUT2D eigenvalue weighted by Crippen LogP contribution is 2.28. The van der Waals surface area contributed by atoms with Crippen molar-refractivity contribution in [3.8, 4) is 5.75 Å². The molecule has 0 spiro atoms. The van der Waals surface area contributed by atoms with E-state index in [2.05, 4.69) is 15.6 Å². The topological polar surface area (TPSA) is 63.2 Å². The average Bonchev–Trinajstić information content (AvgIpc) is 2.68. The molecule has 0 aliphatic heterocycles. The van der Waals surface area contributed by atoms with Crippen LogP contribution in [0.4, 0.5) is 11.5 Å². The Morgan fingerprint density at radius 3 is 2.48 bits per heavy atom. The van der Waals surface area contributed by atoms with Gasteiger partial charge in [0.05, 0.1) is 12.8 Å². The van der Waals surface area contributed by atoms with Crippen molar-refractivity contribution >= 4 is 17.4 Å². The van der Waals surface area contributed by atoms with Crippen LogP contribution in [0.3, 0.4) is 0 Å². The highest BCUT2D eigenvalue weighted by atomic mass is 16.5. The van der Waals surface area contributed by atoms with Crippen molar-refractivity contribution in [2.24, 2.45) is 0 Å². The van der Waals surface area contributed by atoms with Crippen LogP contribution in [0, 0.1) is 13.8 Å². The highest BCUT2D eigenvalue weighted by Gasteiger charge is 2.09. The number of carbonyl (C=O) groups is 1. The van der Waals surface area contributed by atoms with Gasteiger partial charge in [0.15, 0.2) is 0 Å². The lowest BCUT2D eigenvalue weighted by Crippen LogP contribution is -2.22. The number of hydrogen-bond donors (Lipinski definition) is 2. The van der Waals surface area contributed by atoms with Gasteiger partial charge in [0.1, 0.15) is 11.6 Å². The number of rotatable bonds is 6. The molecule has 0 radical (unpaired) electrons. The predicted molar refractivity (Wildman–Crippen MR) is 108 cm³/mol. The summed E-state index contributed by atoms with van der Waals surface area (Å²) in [6.45, 7) is 4.53. The van der Waals surface area contributed by atoms with Crippen molar-refractivity contribution in [1.29, 1.82) is 0 Å². The Morgan fingerprint density at radius 2 is 1.74 bits per heavy atom. The summed E-state index contributed by atoms with van der Waals surface area (Å²) in [6.07, 6.45) is 1.62. The molecule has 2 aromatic carbocycles. The molecule has 0 fully saturated rings. The SMILES string of the molecule is COc1ccc(C)cc1Nc1cc(C(=O)NCc2ccc(C)cc2)ccn1. The Balaban J connectivity index is 1.70. The van der Waals surface area contributed by atoms with Crippen molar-refractivity contribution in [1.82, 2.24) is 10.3 Å². The maximum absolute atomic E-state index is 12.5. The lowest BCUT2D eigenvalue weighted by atomic mass is 10.1. The van der Waals surface area contributed by atoms with E-state index in [1.807, 2.05) is 56.3 Å².